The Bertz CT molecular complexity index is 637. The van der Waals surface area contributed by atoms with E-state index in [1.807, 2.05) is 36.4 Å². The first-order valence-electron chi connectivity index (χ1n) is 7.70. The van der Waals surface area contributed by atoms with Crippen LogP contribution in [0.5, 0.6) is 0 Å². The molecule has 0 aliphatic heterocycles. The molecule has 128 valence electrons. The molecule has 5 nitrogen and oxygen atoms in total. The average molecular weight is 346 g/mol. The van der Waals surface area contributed by atoms with Gasteiger partial charge in [0.05, 0.1) is 0 Å². The molecular weight excluding hydrogens is 322 g/mol. The van der Waals surface area contributed by atoms with E-state index in [0.717, 1.165) is 19.4 Å². The summed E-state index contributed by atoms with van der Waals surface area (Å²) in [5.41, 5.74) is 13.4. The lowest BCUT2D eigenvalue weighted by molar-refractivity contribution is 0.843. The van der Waals surface area contributed by atoms with Gasteiger partial charge in [-0.1, -0.05) is 60.7 Å². The van der Waals surface area contributed by atoms with Gasteiger partial charge < -0.3 is 16.8 Å². The molecule has 0 amide bonds. The fraction of sp³-hybridized carbons (Fsp3) is 0.222. The second kappa shape index (κ2) is 11.1. The van der Waals surface area contributed by atoms with Crippen LogP contribution in [0, 0.1) is 0 Å². The lowest BCUT2D eigenvalue weighted by Gasteiger charge is -2.07. The van der Waals surface area contributed by atoms with Gasteiger partial charge in [-0.15, -0.1) is 12.4 Å². The van der Waals surface area contributed by atoms with Crippen molar-refractivity contribution < 1.29 is 0 Å². The van der Waals surface area contributed by atoms with Crippen molar-refractivity contribution in [1.29, 1.82) is 0 Å². The van der Waals surface area contributed by atoms with Crippen LogP contribution in [-0.2, 0) is 12.8 Å². The number of hydrogen-bond acceptors (Lipinski definition) is 1. The van der Waals surface area contributed by atoms with Gasteiger partial charge in [0.25, 0.3) is 0 Å². The summed E-state index contributed by atoms with van der Waals surface area (Å²) in [4.78, 5) is 8.50. The lowest BCUT2D eigenvalue weighted by Crippen LogP contribution is -2.31. The number of aliphatic imine (C=N–C) groups is 2. The predicted octanol–water partition coefficient (Wildman–Crippen LogP) is 2.11. The Labute approximate surface area is 149 Å². The molecule has 0 aromatic heterocycles. The van der Waals surface area contributed by atoms with Crippen molar-refractivity contribution in [2.24, 2.45) is 21.5 Å². The molecule has 24 heavy (non-hydrogen) atoms. The van der Waals surface area contributed by atoms with Crippen LogP contribution in [-0.4, -0.2) is 25.0 Å². The Hall–Kier alpha value is -2.53. The van der Waals surface area contributed by atoms with Gasteiger partial charge >= 0.3 is 0 Å². The summed E-state index contributed by atoms with van der Waals surface area (Å²) in [5, 5.41) is 3.19. The molecule has 0 saturated heterocycles. The number of halogens is 1. The number of nitrogens with two attached hydrogens (primary N) is 2. The minimum absolute atomic E-state index is 0. The van der Waals surface area contributed by atoms with Crippen LogP contribution >= 0.6 is 12.4 Å². The number of benzene rings is 2. The number of nitrogens with one attached hydrogen (secondary N) is 1. The minimum atomic E-state index is 0. The molecular formula is C18H24ClN5. The molecule has 0 bridgehead atoms. The van der Waals surface area contributed by atoms with Crippen LogP contribution in [0.1, 0.15) is 11.1 Å². The topological polar surface area (TPSA) is 88.8 Å². The van der Waals surface area contributed by atoms with Crippen LogP contribution in [0.4, 0.5) is 0 Å². The van der Waals surface area contributed by atoms with E-state index in [2.05, 4.69) is 39.6 Å². The standard InChI is InChI=1S/C18H23N5.ClH/c19-17(20)23-18(21-13-11-15-7-3-1-4-8-15)22-14-12-16-9-5-2-6-10-16;/h1-10H,11-14H2,(H5,19,20,21,22,23);1H. The molecule has 0 spiro atoms. The maximum Gasteiger partial charge on any atom is 0.221 e. The zero-order valence-corrected chi connectivity index (χ0v) is 14.4. The maximum atomic E-state index is 5.47. The lowest BCUT2D eigenvalue weighted by atomic mass is 10.1. The molecule has 6 heteroatoms. The highest BCUT2D eigenvalue weighted by Crippen LogP contribution is 2.00. The molecule has 2 aromatic carbocycles. The zero-order chi connectivity index (χ0) is 16.3. The molecule has 2 rings (SSSR count). The van der Waals surface area contributed by atoms with E-state index in [9.17, 15) is 0 Å². The Kier molecular flexibility index (Phi) is 9.01. The van der Waals surface area contributed by atoms with Crippen LogP contribution < -0.4 is 16.8 Å². The largest absolute Gasteiger partial charge is 0.370 e. The fourth-order valence-corrected chi connectivity index (χ4v) is 2.15. The molecule has 0 heterocycles. The summed E-state index contributed by atoms with van der Waals surface area (Å²) in [5.74, 6) is 0.493. The van der Waals surface area contributed by atoms with Crippen molar-refractivity contribution in [2.45, 2.75) is 12.8 Å². The second-order valence-electron chi connectivity index (χ2n) is 5.14. The van der Waals surface area contributed by atoms with Gasteiger partial charge in [0.1, 0.15) is 0 Å². The maximum absolute atomic E-state index is 5.47. The van der Waals surface area contributed by atoms with Crippen molar-refractivity contribution in [1.82, 2.24) is 5.32 Å². The molecule has 0 atom stereocenters. The van der Waals surface area contributed by atoms with E-state index in [1.165, 1.54) is 11.1 Å². The smallest absolute Gasteiger partial charge is 0.221 e. The first-order chi connectivity index (χ1) is 11.2. The zero-order valence-electron chi connectivity index (χ0n) is 13.6. The summed E-state index contributed by atoms with van der Waals surface area (Å²) < 4.78 is 0. The highest BCUT2D eigenvalue weighted by Gasteiger charge is 1.98. The Morgan fingerprint density at radius 2 is 1.38 bits per heavy atom. The van der Waals surface area contributed by atoms with E-state index < -0.39 is 0 Å². The normalized spacial score (nSPS) is 10.6. The summed E-state index contributed by atoms with van der Waals surface area (Å²) in [6.45, 7) is 1.36. The third-order valence-electron chi connectivity index (χ3n) is 3.28. The summed E-state index contributed by atoms with van der Waals surface area (Å²) in [6.07, 6.45) is 1.74. The van der Waals surface area contributed by atoms with Crippen molar-refractivity contribution in [3.8, 4) is 0 Å². The van der Waals surface area contributed by atoms with Gasteiger partial charge in [-0.05, 0) is 24.0 Å². The van der Waals surface area contributed by atoms with E-state index in [0.29, 0.717) is 12.5 Å². The number of nitrogens with zero attached hydrogens (tertiary/aromatic N) is 2. The molecule has 0 unspecified atom stereocenters. The molecule has 0 aliphatic carbocycles. The number of rotatable bonds is 6. The Morgan fingerprint density at radius 3 is 1.92 bits per heavy atom. The van der Waals surface area contributed by atoms with Crippen molar-refractivity contribution in [3.05, 3.63) is 71.8 Å². The summed E-state index contributed by atoms with van der Waals surface area (Å²) in [7, 11) is 0. The quantitative estimate of drug-likeness (QED) is 0.553. The first kappa shape index (κ1) is 19.5. The molecule has 0 fully saturated rings. The van der Waals surface area contributed by atoms with Crippen molar-refractivity contribution >= 4 is 24.3 Å². The third kappa shape index (κ3) is 7.65. The van der Waals surface area contributed by atoms with Gasteiger partial charge in [-0.2, -0.15) is 4.99 Å². The molecule has 0 aliphatic rings. The van der Waals surface area contributed by atoms with Gasteiger partial charge in [-0.3, -0.25) is 4.99 Å². The van der Waals surface area contributed by atoms with E-state index in [4.69, 9.17) is 11.5 Å². The molecule has 0 radical (unpaired) electrons. The number of hydrogen-bond donors (Lipinski definition) is 3. The molecule has 2 aromatic rings. The van der Waals surface area contributed by atoms with Gasteiger partial charge in [0.15, 0.2) is 5.96 Å². The monoisotopic (exact) mass is 345 g/mol. The van der Waals surface area contributed by atoms with E-state index >= 15 is 0 Å². The predicted molar refractivity (Wildman–Crippen MR) is 104 cm³/mol. The van der Waals surface area contributed by atoms with E-state index in [-0.39, 0.29) is 18.4 Å². The van der Waals surface area contributed by atoms with Gasteiger partial charge in [-0.25, -0.2) is 0 Å². The minimum Gasteiger partial charge on any atom is -0.370 e. The van der Waals surface area contributed by atoms with Crippen molar-refractivity contribution in [2.75, 3.05) is 13.1 Å². The Balaban J connectivity index is 0.00000288. The van der Waals surface area contributed by atoms with Crippen LogP contribution in [0.3, 0.4) is 0 Å². The fourth-order valence-electron chi connectivity index (χ4n) is 2.15. The van der Waals surface area contributed by atoms with Crippen LogP contribution in [0.2, 0.25) is 0 Å². The number of guanidine groups is 2. The molecule has 5 N–H and O–H groups in total. The van der Waals surface area contributed by atoms with Gasteiger partial charge in [0.2, 0.25) is 5.96 Å². The average Bonchev–Trinajstić information content (AvgIpc) is 2.56. The van der Waals surface area contributed by atoms with E-state index in [1.54, 1.807) is 0 Å². The highest BCUT2D eigenvalue weighted by atomic mass is 35.5. The van der Waals surface area contributed by atoms with Crippen molar-refractivity contribution in [3.63, 3.8) is 0 Å². The third-order valence-corrected chi connectivity index (χ3v) is 3.28. The Morgan fingerprint density at radius 1 is 0.833 bits per heavy atom. The second-order valence-corrected chi connectivity index (χ2v) is 5.14. The van der Waals surface area contributed by atoms with Crippen LogP contribution in [0.15, 0.2) is 70.6 Å². The summed E-state index contributed by atoms with van der Waals surface area (Å²) in [6, 6.07) is 20.5. The highest BCUT2D eigenvalue weighted by molar-refractivity contribution is 5.93. The SMILES string of the molecule is Cl.NC(N)=NC(=NCCc1ccccc1)NCCc1ccccc1. The summed E-state index contributed by atoms with van der Waals surface area (Å²) >= 11 is 0. The molecule has 0 saturated carbocycles. The van der Waals surface area contributed by atoms with Gasteiger partial charge in [0, 0.05) is 13.1 Å². The first-order valence-corrected chi connectivity index (χ1v) is 7.70. The van der Waals surface area contributed by atoms with Crippen LogP contribution in [0.25, 0.3) is 0 Å².